The Kier molecular flexibility index (Phi) is 4.02. The number of anilines is 1. The fourth-order valence-corrected chi connectivity index (χ4v) is 2.77. The van der Waals surface area contributed by atoms with E-state index >= 15 is 0 Å². The molecule has 0 amide bonds. The van der Waals surface area contributed by atoms with Crippen molar-refractivity contribution >= 4 is 5.95 Å². The highest BCUT2D eigenvalue weighted by atomic mass is 15.3. The third-order valence-electron chi connectivity index (χ3n) is 4.01. The third-order valence-corrected chi connectivity index (χ3v) is 4.01. The molecule has 1 aliphatic heterocycles. The van der Waals surface area contributed by atoms with Crippen LogP contribution in [0.2, 0.25) is 0 Å². The molecule has 0 saturated carbocycles. The van der Waals surface area contributed by atoms with Crippen LogP contribution in [0.15, 0.2) is 42.7 Å². The number of imidazole rings is 1. The summed E-state index contributed by atoms with van der Waals surface area (Å²) in [5.74, 6) is 1.09. The largest absolute Gasteiger partial charge is 0.340 e. The van der Waals surface area contributed by atoms with Gasteiger partial charge in [0.25, 0.3) is 0 Å². The quantitative estimate of drug-likeness (QED) is 0.846. The SMILES string of the molecule is Cn1ccnc1N1CCN(CCc2ccccc2)CC1. The van der Waals surface area contributed by atoms with Gasteiger partial charge in [0.15, 0.2) is 0 Å². The summed E-state index contributed by atoms with van der Waals surface area (Å²) in [4.78, 5) is 9.35. The van der Waals surface area contributed by atoms with Crippen LogP contribution in [-0.2, 0) is 13.5 Å². The van der Waals surface area contributed by atoms with Crippen LogP contribution in [0.3, 0.4) is 0 Å². The van der Waals surface area contributed by atoms with Crippen molar-refractivity contribution in [2.75, 3.05) is 37.6 Å². The minimum Gasteiger partial charge on any atom is -0.340 e. The maximum atomic E-state index is 4.43. The van der Waals surface area contributed by atoms with E-state index in [0.717, 1.165) is 45.1 Å². The summed E-state index contributed by atoms with van der Waals surface area (Å²) < 4.78 is 2.10. The van der Waals surface area contributed by atoms with Gasteiger partial charge in [0.1, 0.15) is 0 Å². The molecule has 1 aromatic carbocycles. The number of benzene rings is 1. The Bertz CT molecular complexity index is 526. The van der Waals surface area contributed by atoms with E-state index in [1.807, 2.05) is 12.4 Å². The van der Waals surface area contributed by atoms with E-state index in [9.17, 15) is 0 Å². The van der Waals surface area contributed by atoms with Gasteiger partial charge in [-0.1, -0.05) is 30.3 Å². The number of piperazine rings is 1. The maximum Gasteiger partial charge on any atom is 0.205 e. The molecule has 2 aromatic rings. The Balaban J connectivity index is 1.48. The molecular weight excluding hydrogens is 248 g/mol. The highest BCUT2D eigenvalue weighted by molar-refractivity contribution is 5.31. The van der Waals surface area contributed by atoms with E-state index in [-0.39, 0.29) is 0 Å². The molecule has 1 aliphatic rings. The fourth-order valence-electron chi connectivity index (χ4n) is 2.77. The van der Waals surface area contributed by atoms with Gasteiger partial charge >= 0.3 is 0 Å². The summed E-state index contributed by atoms with van der Waals surface area (Å²) in [6.45, 7) is 5.54. The predicted molar refractivity (Wildman–Crippen MR) is 82.0 cm³/mol. The molecule has 1 saturated heterocycles. The number of aromatic nitrogens is 2. The molecule has 2 heterocycles. The van der Waals surface area contributed by atoms with Gasteiger partial charge in [0, 0.05) is 52.2 Å². The zero-order chi connectivity index (χ0) is 13.8. The molecule has 0 bridgehead atoms. The lowest BCUT2D eigenvalue weighted by Crippen LogP contribution is -2.47. The van der Waals surface area contributed by atoms with Crippen LogP contribution in [0.5, 0.6) is 0 Å². The van der Waals surface area contributed by atoms with E-state index < -0.39 is 0 Å². The van der Waals surface area contributed by atoms with Gasteiger partial charge in [0.2, 0.25) is 5.95 Å². The zero-order valence-corrected chi connectivity index (χ0v) is 12.1. The standard InChI is InChI=1S/C16H22N4/c1-18-10-8-17-16(18)20-13-11-19(12-14-20)9-7-15-5-3-2-4-6-15/h2-6,8,10H,7,9,11-14H2,1H3. The normalized spacial score (nSPS) is 16.6. The molecule has 4 heteroatoms. The molecule has 0 N–H and O–H groups in total. The van der Waals surface area contributed by atoms with E-state index in [1.165, 1.54) is 5.56 Å². The van der Waals surface area contributed by atoms with Crippen molar-refractivity contribution in [2.24, 2.45) is 7.05 Å². The first-order chi connectivity index (χ1) is 9.83. The molecule has 0 aliphatic carbocycles. The molecule has 0 atom stereocenters. The molecule has 0 unspecified atom stereocenters. The van der Waals surface area contributed by atoms with Gasteiger partial charge < -0.3 is 9.47 Å². The molecule has 106 valence electrons. The Labute approximate surface area is 120 Å². The van der Waals surface area contributed by atoms with Gasteiger partial charge in [-0.2, -0.15) is 0 Å². The molecule has 4 nitrogen and oxygen atoms in total. The van der Waals surface area contributed by atoms with Crippen molar-refractivity contribution in [2.45, 2.75) is 6.42 Å². The molecule has 1 fully saturated rings. The lowest BCUT2D eigenvalue weighted by Gasteiger charge is -2.35. The molecule has 1 aromatic heterocycles. The van der Waals surface area contributed by atoms with E-state index in [4.69, 9.17) is 0 Å². The Morgan fingerprint density at radius 2 is 1.80 bits per heavy atom. The van der Waals surface area contributed by atoms with Gasteiger partial charge in [0.05, 0.1) is 0 Å². The lowest BCUT2D eigenvalue weighted by molar-refractivity contribution is 0.259. The van der Waals surface area contributed by atoms with Crippen LogP contribution in [0.4, 0.5) is 5.95 Å². The van der Waals surface area contributed by atoms with Gasteiger partial charge in [-0.15, -0.1) is 0 Å². The summed E-state index contributed by atoms with van der Waals surface area (Å²) in [7, 11) is 2.06. The van der Waals surface area contributed by atoms with Gasteiger partial charge in [-0.25, -0.2) is 4.98 Å². The highest BCUT2D eigenvalue weighted by Gasteiger charge is 2.19. The van der Waals surface area contributed by atoms with Crippen LogP contribution in [0, 0.1) is 0 Å². The van der Waals surface area contributed by atoms with E-state index in [2.05, 4.69) is 56.7 Å². The second-order valence-electron chi connectivity index (χ2n) is 5.40. The Morgan fingerprint density at radius 1 is 1.05 bits per heavy atom. The minimum absolute atomic E-state index is 1.07. The van der Waals surface area contributed by atoms with Crippen molar-refractivity contribution in [1.82, 2.24) is 14.5 Å². The van der Waals surface area contributed by atoms with Crippen LogP contribution < -0.4 is 4.90 Å². The zero-order valence-electron chi connectivity index (χ0n) is 12.1. The van der Waals surface area contributed by atoms with Gasteiger partial charge in [-0.3, -0.25) is 4.90 Å². The smallest absolute Gasteiger partial charge is 0.205 e. The Hall–Kier alpha value is -1.81. The molecule has 20 heavy (non-hydrogen) atoms. The molecule has 3 rings (SSSR count). The molecule has 0 radical (unpaired) electrons. The topological polar surface area (TPSA) is 24.3 Å². The lowest BCUT2D eigenvalue weighted by atomic mass is 10.1. The summed E-state index contributed by atoms with van der Waals surface area (Å²) in [5.41, 5.74) is 1.43. The number of rotatable bonds is 4. The number of hydrogen-bond donors (Lipinski definition) is 0. The highest BCUT2D eigenvalue weighted by Crippen LogP contribution is 2.13. The number of nitrogens with zero attached hydrogens (tertiary/aromatic N) is 4. The van der Waals surface area contributed by atoms with Crippen molar-refractivity contribution in [3.63, 3.8) is 0 Å². The first-order valence-electron chi connectivity index (χ1n) is 7.31. The summed E-state index contributed by atoms with van der Waals surface area (Å²) in [6, 6.07) is 10.7. The predicted octanol–water partition coefficient (Wildman–Crippen LogP) is 1.78. The van der Waals surface area contributed by atoms with Crippen molar-refractivity contribution < 1.29 is 0 Å². The van der Waals surface area contributed by atoms with Crippen molar-refractivity contribution in [1.29, 1.82) is 0 Å². The molecule has 0 spiro atoms. The number of aryl methyl sites for hydroxylation is 1. The first-order valence-corrected chi connectivity index (χ1v) is 7.31. The Morgan fingerprint density at radius 3 is 2.45 bits per heavy atom. The second-order valence-corrected chi connectivity index (χ2v) is 5.40. The minimum atomic E-state index is 1.07. The first kappa shape index (κ1) is 13.2. The average Bonchev–Trinajstić information content (AvgIpc) is 2.93. The van der Waals surface area contributed by atoms with Crippen LogP contribution in [0.1, 0.15) is 5.56 Å². The summed E-state index contributed by atoms with van der Waals surface area (Å²) >= 11 is 0. The van der Waals surface area contributed by atoms with Crippen LogP contribution in [0.25, 0.3) is 0 Å². The van der Waals surface area contributed by atoms with Crippen LogP contribution in [-0.4, -0.2) is 47.2 Å². The van der Waals surface area contributed by atoms with E-state index in [0.29, 0.717) is 0 Å². The fraction of sp³-hybridized carbons (Fsp3) is 0.438. The second kappa shape index (κ2) is 6.09. The number of hydrogen-bond acceptors (Lipinski definition) is 3. The summed E-state index contributed by atoms with van der Waals surface area (Å²) in [5, 5.41) is 0. The summed E-state index contributed by atoms with van der Waals surface area (Å²) in [6.07, 6.45) is 5.03. The van der Waals surface area contributed by atoms with E-state index in [1.54, 1.807) is 0 Å². The van der Waals surface area contributed by atoms with Crippen LogP contribution >= 0.6 is 0 Å². The monoisotopic (exact) mass is 270 g/mol. The van der Waals surface area contributed by atoms with Gasteiger partial charge in [-0.05, 0) is 12.0 Å². The van der Waals surface area contributed by atoms with Crippen molar-refractivity contribution in [3.8, 4) is 0 Å². The van der Waals surface area contributed by atoms with Crippen molar-refractivity contribution in [3.05, 3.63) is 48.3 Å². The maximum absolute atomic E-state index is 4.43. The average molecular weight is 270 g/mol. The third kappa shape index (κ3) is 3.02. The molecular formula is C16H22N4.